The van der Waals surface area contributed by atoms with Crippen molar-refractivity contribution >= 4 is 27.3 Å². The third-order valence-corrected chi connectivity index (χ3v) is 7.10. The third kappa shape index (κ3) is 5.58. The Hall–Kier alpha value is -2.38. The molecule has 156 valence electrons. The van der Waals surface area contributed by atoms with E-state index >= 15 is 0 Å². The molecule has 7 heteroatoms. The van der Waals surface area contributed by atoms with Gasteiger partial charge in [0.1, 0.15) is 0 Å². The molecule has 1 fully saturated rings. The quantitative estimate of drug-likeness (QED) is 0.751. The highest BCUT2D eigenvalue weighted by atomic mass is 32.2. The number of carbonyl (C=O) groups excluding carboxylic acids is 1. The zero-order valence-electron chi connectivity index (χ0n) is 17.1. The highest BCUT2D eigenvalue weighted by Crippen LogP contribution is 2.21. The Morgan fingerprint density at radius 3 is 2.17 bits per heavy atom. The van der Waals surface area contributed by atoms with Crippen LogP contribution in [0.3, 0.4) is 0 Å². The molecule has 0 saturated carbocycles. The van der Waals surface area contributed by atoms with Crippen LogP contribution in [0.15, 0.2) is 53.4 Å². The van der Waals surface area contributed by atoms with E-state index < -0.39 is 10.0 Å². The van der Waals surface area contributed by atoms with E-state index in [2.05, 4.69) is 5.32 Å². The SMILES string of the molecule is CN(C)c1ccc(NC(=O)CCc2ccc(S(=O)(=O)N3CCCCC3)cc2)cc1. The number of amides is 1. The van der Waals surface area contributed by atoms with E-state index in [-0.39, 0.29) is 5.91 Å². The summed E-state index contributed by atoms with van der Waals surface area (Å²) < 4.78 is 27.0. The van der Waals surface area contributed by atoms with Crippen LogP contribution in [0.25, 0.3) is 0 Å². The van der Waals surface area contributed by atoms with E-state index in [4.69, 9.17) is 0 Å². The molecule has 1 aliphatic heterocycles. The van der Waals surface area contributed by atoms with Crippen LogP contribution in [0.1, 0.15) is 31.2 Å². The lowest BCUT2D eigenvalue weighted by atomic mass is 10.1. The van der Waals surface area contributed by atoms with Gasteiger partial charge in [-0.3, -0.25) is 4.79 Å². The van der Waals surface area contributed by atoms with E-state index in [1.165, 1.54) is 0 Å². The average Bonchev–Trinajstić information content (AvgIpc) is 2.73. The van der Waals surface area contributed by atoms with Gasteiger partial charge in [0, 0.05) is 45.0 Å². The monoisotopic (exact) mass is 415 g/mol. The Morgan fingerprint density at radius 2 is 1.59 bits per heavy atom. The van der Waals surface area contributed by atoms with Crippen molar-refractivity contribution in [3.8, 4) is 0 Å². The van der Waals surface area contributed by atoms with Crippen molar-refractivity contribution in [1.82, 2.24) is 4.31 Å². The number of sulfonamides is 1. The first-order valence-electron chi connectivity index (χ1n) is 10.0. The Morgan fingerprint density at radius 1 is 0.966 bits per heavy atom. The number of rotatable bonds is 7. The first kappa shape index (κ1) is 21.3. The number of nitrogens with one attached hydrogen (secondary N) is 1. The van der Waals surface area contributed by atoms with Gasteiger partial charge in [-0.15, -0.1) is 0 Å². The van der Waals surface area contributed by atoms with Crippen LogP contribution in [-0.2, 0) is 21.2 Å². The molecule has 0 aromatic heterocycles. The van der Waals surface area contributed by atoms with E-state index in [1.54, 1.807) is 28.6 Å². The van der Waals surface area contributed by atoms with Crippen molar-refractivity contribution in [2.75, 3.05) is 37.4 Å². The standard InChI is InChI=1S/C22H29N3O3S/c1-24(2)20-11-9-19(10-12-20)23-22(26)15-8-18-6-13-21(14-7-18)29(27,28)25-16-4-3-5-17-25/h6-7,9-14H,3-5,8,15-17H2,1-2H3,(H,23,26). The van der Waals surface area contributed by atoms with E-state index in [0.717, 1.165) is 36.2 Å². The minimum Gasteiger partial charge on any atom is -0.378 e. The van der Waals surface area contributed by atoms with Crippen LogP contribution in [0, 0.1) is 0 Å². The summed E-state index contributed by atoms with van der Waals surface area (Å²) in [5.74, 6) is -0.0624. The van der Waals surface area contributed by atoms with E-state index in [0.29, 0.717) is 30.8 Å². The molecule has 0 atom stereocenters. The van der Waals surface area contributed by atoms with E-state index in [9.17, 15) is 13.2 Å². The predicted molar refractivity (Wildman–Crippen MR) is 117 cm³/mol. The summed E-state index contributed by atoms with van der Waals surface area (Å²) in [5, 5.41) is 2.90. The van der Waals surface area contributed by atoms with E-state index in [1.807, 2.05) is 43.3 Å². The fourth-order valence-corrected chi connectivity index (χ4v) is 4.92. The Kier molecular flexibility index (Phi) is 6.92. The Balaban J connectivity index is 1.53. The maximum Gasteiger partial charge on any atom is 0.243 e. The lowest BCUT2D eigenvalue weighted by Crippen LogP contribution is -2.35. The van der Waals surface area contributed by atoms with Crippen molar-refractivity contribution in [2.45, 2.75) is 37.0 Å². The molecule has 0 unspecified atom stereocenters. The first-order chi connectivity index (χ1) is 13.9. The molecule has 1 N–H and O–H groups in total. The van der Waals surface area contributed by atoms with Gasteiger partial charge in [-0.25, -0.2) is 8.42 Å². The summed E-state index contributed by atoms with van der Waals surface area (Å²) in [5.41, 5.74) is 2.78. The van der Waals surface area contributed by atoms with Crippen LogP contribution in [-0.4, -0.2) is 45.8 Å². The molecule has 6 nitrogen and oxygen atoms in total. The topological polar surface area (TPSA) is 69.7 Å². The normalized spacial score (nSPS) is 15.1. The summed E-state index contributed by atoms with van der Waals surface area (Å²) in [6, 6.07) is 14.6. The van der Waals surface area contributed by atoms with Gasteiger partial charge in [0.15, 0.2) is 0 Å². The van der Waals surface area contributed by atoms with Gasteiger partial charge in [-0.2, -0.15) is 4.31 Å². The molecular formula is C22H29N3O3S. The third-order valence-electron chi connectivity index (χ3n) is 5.18. The second-order valence-corrected chi connectivity index (χ2v) is 9.54. The molecule has 0 spiro atoms. The fourth-order valence-electron chi connectivity index (χ4n) is 3.41. The summed E-state index contributed by atoms with van der Waals surface area (Å²) in [6.07, 6.45) is 3.83. The van der Waals surface area contributed by atoms with Gasteiger partial charge >= 0.3 is 0 Å². The van der Waals surface area contributed by atoms with Gasteiger partial charge in [-0.1, -0.05) is 18.6 Å². The number of aryl methyl sites for hydroxylation is 1. The number of benzene rings is 2. The highest BCUT2D eigenvalue weighted by molar-refractivity contribution is 7.89. The van der Waals surface area contributed by atoms with Gasteiger partial charge in [0.25, 0.3) is 0 Å². The molecule has 2 aromatic rings. The summed E-state index contributed by atoms with van der Waals surface area (Å²) >= 11 is 0. The van der Waals surface area contributed by atoms with Crippen molar-refractivity contribution in [3.63, 3.8) is 0 Å². The number of nitrogens with zero attached hydrogens (tertiary/aromatic N) is 2. The van der Waals surface area contributed by atoms with Crippen molar-refractivity contribution < 1.29 is 13.2 Å². The number of piperidine rings is 1. The average molecular weight is 416 g/mol. The number of anilines is 2. The fraction of sp³-hybridized carbons (Fsp3) is 0.409. The van der Waals surface area contributed by atoms with Gasteiger partial charge < -0.3 is 10.2 Å². The van der Waals surface area contributed by atoms with Crippen molar-refractivity contribution in [3.05, 3.63) is 54.1 Å². The number of carbonyl (C=O) groups is 1. The van der Waals surface area contributed by atoms with Crippen LogP contribution < -0.4 is 10.2 Å². The molecule has 0 aliphatic carbocycles. The molecule has 2 aromatic carbocycles. The maximum absolute atomic E-state index is 12.7. The summed E-state index contributed by atoms with van der Waals surface area (Å²) in [6.45, 7) is 1.19. The van der Waals surface area contributed by atoms with Gasteiger partial charge in [0.05, 0.1) is 4.90 Å². The molecule has 1 saturated heterocycles. The second-order valence-electron chi connectivity index (χ2n) is 7.60. The molecule has 1 heterocycles. The highest BCUT2D eigenvalue weighted by Gasteiger charge is 2.25. The van der Waals surface area contributed by atoms with Crippen molar-refractivity contribution in [2.24, 2.45) is 0 Å². The van der Waals surface area contributed by atoms with Crippen LogP contribution in [0.5, 0.6) is 0 Å². The maximum atomic E-state index is 12.7. The summed E-state index contributed by atoms with van der Waals surface area (Å²) in [4.78, 5) is 14.5. The minimum absolute atomic E-state index is 0.0624. The lowest BCUT2D eigenvalue weighted by molar-refractivity contribution is -0.116. The molecule has 29 heavy (non-hydrogen) atoms. The molecule has 3 rings (SSSR count). The summed E-state index contributed by atoms with van der Waals surface area (Å²) in [7, 11) is 0.528. The smallest absolute Gasteiger partial charge is 0.243 e. The second kappa shape index (κ2) is 9.41. The van der Waals surface area contributed by atoms with Gasteiger partial charge in [0.2, 0.25) is 15.9 Å². The van der Waals surface area contributed by atoms with Crippen molar-refractivity contribution in [1.29, 1.82) is 0 Å². The lowest BCUT2D eigenvalue weighted by Gasteiger charge is -2.25. The number of hydrogen-bond donors (Lipinski definition) is 1. The Bertz CT molecular complexity index is 917. The zero-order valence-corrected chi connectivity index (χ0v) is 17.9. The zero-order chi connectivity index (χ0) is 20.9. The predicted octanol–water partition coefficient (Wildman–Crippen LogP) is 3.50. The first-order valence-corrected chi connectivity index (χ1v) is 11.5. The van der Waals surface area contributed by atoms with Crippen LogP contribution >= 0.6 is 0 Å². The Labute approximate surface area is 173 Å². The minimum atomic E-state index is -3.41. The molecule has 1 amide bonds. The largest absolute Gasteiger partial charge is 0.378 e. The van der Waals surface area contributed by atoms with Gasteiger partial charge in [-0.05, 0) is 61.2 Å². The molecule has 1 aliphatic rings. The number of hydrogen-bond acceptors (Lipinski definition) is 4. The molecule has 0 bridgehead atoms. The molecular weight excluding hydrogens is 386 g/mol. The molecule has 0 radical (unpaired) electrons. The van der Waals surface area contributed by atoms with Crippen LogP contribution in [0.2, 0.25) is 0 Å². The van der Waals surface area contributed by atoms with Crippen LogP contribution in [0.4, 0.5) is 11.4 Å².